The van der Waals surface area contributed by atoms with Crippen molar-refractivity contribution in [2.24, 2.45) is 0 Å². The molecule has 0 unspecified atom stereocenters. The Balaban J connectivity index is 4.94. The maximum Gasteiger partial charge on any atom is 0.139 e. The second kappa shape index (κ2) is 25.5. The quantitative estimate of drug-likeness (QED) is 0.104. The predicted octanol–water partition coefficient (Wildman–Crippen LogP) is 9.29. The van der Waals surface area contributed by atoms with Crippen LogP contribution >= 0.6 is 0 Å². The summed E-state index contributed by atoms with van der Waals surface area (Å²) in [6, 6.07) is 0. The molecule has 0 aromatic carbocycles. The molecule has 0 spiro atoms. The first-order valence-corrected chi connectivity index (χ1v) is 17.0. The standard InChI is InChI=1S/C30H68B4N2/c1-9-31(10-2)21-17-25-35(26-18-22-32(11-3)12-4)29-30-36(27-19-23-33(13-5)14-6)28-20-24-34(15-7)16-8/h9-30H2,1-8H3. The van der Waals surface area contributed by atoms with Crippen LogP contribution in [0.25, 0.3) is 0 Å². The lowest BCUT2D eigenvalue weighted by molar-refractivity contribution is 0.203. The van der Waals surface area contributed by atoms with Crippen molar-refractivity contribution in [2.75, 3.05) is 39.3 Å². The van der Waals surface area contributed by atoms with Gasteiger partial charge in [0.05, 0.1) is 0 Å². The zero-order valence-corrected chi connectivity index (χ0v) is 26.8. The van der Waals surface area contributed by atoms with Gasteiger partial charge >= 0.3 is 0 Å². The van der Waals surface area contributed by atoms with Crippen LogP contribution in [0.15, 0.2) is 0 Å². The summed E-state index contributed by atoms with van der Waals surface area (Å²) in [5.74, 6) is 0. The van der Waals surface area contributed by atoms with E-state index in [9.17, 15) is 0 Å². The minimum atomic E-state index is 0.933. The molecule has 0 N–H and O–H groups in total. The molecule has 36 heavy (non-hydrogen) atoms. The molecule has 0 saturated heterocycles. The lowest BCUT2D eigenvalue weighted by Gasteiger charge is -2.29. The highest BCUT2D eigenvalue weighted by Crippen LogP contribution is 2.14. The molecule has 0 fully saturated rings. The molecule has 0 rings (SSSR count). The Labute approximate surface area is 232 Å². The van der Waals surface area contributed by atoms with E-state index in [4.69, 9.17) is 0 Å². The maximum absolute atomic E-state index is 2.85. The first kappa shape index (κ1) is 36.2. The molecule has 0 aliphatic carbocycles. The van der Waals surface area contributed by atoms with Crippen LogP contribution in [0, 0.1) is 0 Å². The Morgan fingerprint density at radius 3 is 0.667 bits per heavy atom. The zero-order valence-electron chi connectivity index (χ0n) is 26.8. The van der Waals surface area contributed by atoms with Gasteiger partial charge in [0.2, 0.25) is 0 Å². The number of hydrogen-bond acceptors (Lipinski definition) is 2. The molecule has 0 aromatic heterocycles. The van der Waals surface area contributed by atoms with E-state index < -0.39 is 0 Å². The molecule has 0 bridgehead atoms. The van der Waals surface area contributed by atoms with Crippen molar-refractivity contribution in [3.63, 3.8) is 0 Å². The normalized spacial score (nSPS) is 11.5. The Morgan fingerprint density at radius 1 is 0.306 bits per heavy atom. The van der Waals surface area contributed by atoms with Crippen LogP contribution in [-0.4, -0.2) is 75.9 Å². The van der Waals surface area contributed by atoms with Crippen molar-refractivity contribution in [3.05, 3.63) is 0 Å². The first-order valence-electron chi connectivity index (χ1n) is 17.0. The average molecular weight is 500 g/mol. The third kappa shape index (κ3) is 18.4. The van der Waals surface area contributed by atoms with E-state index in [1.54, 1.807) is 0 Å². The lowest BCUT2D eigenvalue weighted by Crippen LogP contribution is -2.38. The van der Waals surface area contributed by atoms with E-state index in [2.05, 4.69) is 65.2 Å². The largest absolute Gasteiger partial charge is 0.302 e. The fourth-order valence-electron chi connectivity index (χ4n) is 6.16. The summed E-state index contributed by atoms with van der Waals surface area (Å²) in [5.41, 5.74) is 0. The van der Waals surface area contributed by atoms with Gasteiger partial charge in [0.25, 0.3) is 0 Å². The number of nitrogens with zero attached hydrogens (tertiary/aromatic N) is 2. The van der Waals surface area contributed by atoms with E-state index in [0.29, 0.717) is 0 Å². The summed E-state index contributed by atoms with van der Waals surface area (Å²) in [6.45, 7) is 30.6. The van der Waals surface area contributed by atoms with E-state index >= 15 is 0 Å². The number of rotatable bonds is 27. The SMILES string of the molecule is CCB(CC)CCCN(CCCB(CC)CC)CCN(CCCB(CC)CC)CCCB(CC)CC. The van der Waals surface area contributed by atoms with E-state index in [1.165, 1.54) is 141 Å². The molecule has 210 valence electrons. The lowest BCUT2D eigenvalue weighted by atomic mass is 9.43. The van der Waals surface area contributed by atoms with Crippen molar-refractivity contribution in [1.82, 2.24) is 9.80 Å². The van der Waals surface area contributed by atoms with Crippen LogP contribution in [0.3, 0.4) is 0 Å². The molecule has 0 amide bonds. The summed E-state index contributed by atoms with van der Waals surface area (Å²) in [7, 11) is 0. The van der Waals surface area contributed by atoms with Crippen LogP contribution in [0.5, 0.6) is 0 Å². The second-order valence-corrected chi connectivity index (χ2v) is 12.0. The second-order valence-electron chi connectivity index (χ2n) is 12.0. The topological polar surface area (TPSA) is 6.48 Å². The van der Waals surface area contributed by atoms with Crippen LogP contribution in [0.1, 0.15) is 81.1 Å². The van der Waals surface area contributed by atoms with Crippen LogP contribution in [-0.2, 0) is 0 Å². The Morgan fingerprint density at radius 2 is 0.500 bits per heavy atom. The van der Waals surface area contributed by atoms with Crippen LogP contribution < -0.4 is 0 Å². The van der Waals surface area contributed by atoms with Crippen molar-refractivity contribution in [2.45, 2.75) is 157 Å². The molecule has 0 atom stereocenters. The van der Waals surface area contributed by atoms with Crippen molar-refractivity contribution >= 4 is 26.9 Å². The summed E-state index contributed by atoms with van der Waals surface area (Å²) < 4.78 is 0. The van der Waals surface area contributed by atoms with Gasteiger partial charge in [-0.1, -0.05) is 131 Å². The molecule has 0 radical (unpaired) electrons. The fourth-order valence-corrected chi connectivity index (χ4v) is 6.16. The Bertz CT molecular complexity index is 363. The molecule has 0 aliphatic heterocycles. The molecule has 2 nitrogen and oxygen atoms in total. The van der Waals surface area contributed by atoms with Crippen LogP contribution in [0.4, 0.5) is 0 Å². The predicted molar refractivity (Wildman–Crippen MR) is 177 cm³/mol. The Kier molecular flexibility index (Phi) is 25.6. The van der Waals surface area contributed by atoms with Gasteiger partial charge in [-0.15, -0.1) is 0 Å². The smallest absolute Gasteiger partial charge is 0.139 e. The van der Waals surface area contributed by atoms with E-state index in [1.807, 2.05) is 0 Å². The van der Waals surface area contributed by atoms with Gasteiger partial charge in [0.1, 0.15) is 26.9 Å². The van der Waals surface area contributed by atoms with Crippen molar-refractivity contribution < 1.29 is 0 Å². The molecule has 6 heteroatoms. The van der Waals surface area contributed by atoms with Gasteiger partial charge in [0, 0.05) is 13.1 Å². The highest BCUT2D eigenvalue weighted by molar-refractivity contribution is 6.59. The van der Waals surface area contributed by atoms with Crippen molar-refractivity contribution in [3.8, 4) is 0 Å². The minimum absolute atomic E-state index is 0.933. The summed E-state index contributed by atoms with van der Waals surface area (Å²) in [4.78, 5) is 5.69. The first-order chi connectivity index (χ1) is 17.5. The van der Waals surface area contributed by atoms with E-state index in [-0.39, 0.29) is 0 Å². The fraction of sp³-hybridized carbons (Fsp3) is 1.00. The average Bonchev–Trinajstić information content (AvgIpc) is 2.91. The highest BCUT2D eigenvalue weighted by Gasteiger charge is 2.16. The third-order valence-corrected chi connectivity index (χ3v) is 9.70. The van der Waals surface area contributed by atoms with E-state index in [0.717, 1.165) is 26.9 Å². The minimum Gasteiger partial charge on any atom is -0.302 e. The number of hydrogen-bond donors (Lipinski definition) is 0. The monoisotopic (exact) mass is 501 g/mol. The molecule has 0 aromatic rings. The van der Waals surface area contributed by atoms with Crippen molar-refractivity contribution in [1.29, 1.82) is 0 Å². The third-order valence-electron chi connectivity index (χ3n) is 9.70. The van der Waals surface area contributed by atoms with Gasteiger partial charge in [-0.05, 0) is 51.9 Å². The van der Waals surface area contributed by atoms with Gasteiger partial charge in [-0.3, -0.25) is 0 Å². The van der Waals surface area contributed by atoms with Gasteiger partial charge in [0.15, 0.2) is 0 Å². The van der Waals surface area contributed by atoms with Gasteiger partial charge in [-0.2, -0.15) is 0 Å². The highest BCUT2D eigenvalue weighted by atomic mass is 15.2. The summed E-state index contributed by atoms with van der Waals surface area (Å²) in [5, 5.41) is 0. The van der Waals surface area contributed by atoms with Crippen LogP contribution in [0.2, 0.25) is 75.8 Å². The zero-order chi connectivity index (χ0) is 27.0. The molecule has 0 saturated carbocycles. The molecular formula is C30H68B4N2. The molecule has 0 heterocycles. The summed E-state index contributed by atoms with van der Waals surface area (Å²) in [6.07, 6.45) is 22.1. The molecular weight excluding hydrogens is 432 g/mol. The molecule has 0 aliphatic rings. The Hall–Kier alpha value is 0.180. The van der Waals surface area contributed by atoms with Gasteiger partial charge in [-0.25, -0.2) is 0 Å². The summed E-state index contributed by atoms with van der Waals surface area (Å²) >= 11 is 0. The maximum atomic E-state index is 2.85. The van der Waals surface area contributed by atoms with Gasteiger partial charge < -0.3 is 9.80 Å².